The molecule has 0 unspecified atom stereocenters. The Kier molecular flexibility index (Phi) is 7.95. The first kappa shape index (κ1) is 23.7. The highest BCUT2D eigenvalue weighted by atomic mass is 19.1. The van der Waals surface area contributed by atoms with Gasteiger partial charge in [0.1, 0.15) is 0 Å². The lowest BCUT2D eigenvalue weighted by Crippen LogP contribution is -2.55. The predicted molar refractivity (Wildman–Crippen MR) is 125 cm³/mol. The van der Waals surface area contributed by atoms with Crippen molar-refractivity contribution in [2.24, 2.45) is 5.92 Å². The molecule has 0 atom stereocenters. The molecule has 9 heteroatoms. The second kappa shape index (κ2) is 11.1. The normalized spacial score (nSPS) is 17.7. The Bertz CT molecular complexity index is 1030. The zero-order valence-corrected chi connectivity index (χ0v) is 19.0. The van der Waals surface area contributed by atoms with E-state index in [-0.39, 0.29) is 22.6 Å². The molecular formula is C24H34FN5O3. The Hall–Kier alpha value is -2.49. The van der Waals surface area contributed by atoms with Gasteiger partial charge in [0.2, 0.25) is 0 Å². The maximum Gasteiger partial charge on any atom is 0.328 e. The number of halogens is 1. The Balaban J connectivity index is 1.27. The summed E-state index contributed by atoms with van der Waals surface area (Å²) in [5, 5.41) is 3.40. The largest absolute Gasteiger partial charge is 0.490 e. The van der Waals surface area contributed by atoms with E-state index >= 15 is 0 Å². The minimum atomic E-state index is -0.374. The molecule has 0 spiro atoms. The third kappa shape index (κ3) is 6.52. The van der Waals surface area contributed by atoms with E-state index < -0.39 is 0 Å². The lowest BCUT2D eigenvalue weighted by Gasteiger charge is -2.39. The molecule has 2 fully saturated rings. The van der Waals surface area contributed by atoms with Crippen molar-refractivity contribution in [3.05, 3.63) is 62.7 Å². The SMILES string of the molecule is O=c1ccn(CCCCCNNC2(c3ccc(F)c(OCC4CC4)c3)CCNCC2)c(=O)[nH]1. The van der Waals surface area contributed by atoms with Gasteiger partial charge in [0, 0.05) is 25.4 Å². The van der Waals surface area contributed by atoms with E-state index in [0.717, 1.165) is 57.3 Å². The van der Waals surface area contributed by atoms with E-state index in [0.29, 0.717) is 24.8 Å². The predicted octanol–water partition coefficient (Wildman–Crippen LogP) is 2.01. The molecule has 0 radical (unpaired) electrons. The standard InChI is InChI=1S/C24H34FN5O3/c25-20-7-6-19(16-21(20)33-17-18-4-5-18)24(9-12-26-13-10-24)29-27-11-2-1-3-14-30-15-8-22(31)28-23(30)32/h6-8,15-16,18,26-27,29H,1-5,9-14,17H2,(H,28,31,32). The summed E-state index contributed by atoms with van der Waals surface area (Å²) in [4.78, 5) is 25.1. The van der Waals surface area contributed by atoms with Gasteiger partial charge in [-0.2, -0.15) is 0 Å². The van der Waals surface area contributed by atoms with Crippen LogP contribution in [0.15, 0.2) is 40.1 Å². The molecular weight excluding hydrogens is 425 g/mol. The number of hydrogen-bond donors (Lipinski definition) is 4. The number of piperidine rings is 1. The first-order chi connectivity index (χ1) is 16.1. The van der Waals surface area contributed by atoms with Crippen molar-refractivity contribution in [3.63, 3.8) is 0 Å². The van der Waals surface area contributed by atoms with E-state index in [1.165, 1.54) is 35.7 Å². The molecule has 1 aromatic carbocycles. The highest BCUT2D eigenvalue weighted by Gasteiger charge is 2.34. The van der Waals surface area contributed by atoms with Crippen LogP contribution in [0, 0.1) is 11.7 Å². The first-order valence-electron chi connectivity index (χ1n) is 12.0. The summed E-state index contributed by atoms with van der Waals surface area (Å²) in [6, 6.07) is 6.60. The van der Waals surface area contributed by atoms with Gasteiger partial charge in [-0.1, -0.05) is 12.5 Å². The number of unbranched alkanes of at least 4 members (excludes halogenated alkanes) is 2. The molecule has 2 aliphatic rings. The van der Waals surface area contributed by atoms with Crippen molar-refractivity contribution in [1.29, 1.82) is 0 Å². The van der Waals surface area contributed by atoms with Gasteiger partial charge >= 0.3 is 5.69 Å². The van der Waals surface area contributed by atoms with Gasteiger partial charge in [-0.15, -0.1) is 0 Å². The topological polar surface area (TPSA) is 100 Å². The number of nitrogens with zero attached hydrogens (tertiary/aromatic N) is 1. The third-order valence-electron chi connectivity index (χ3n) is 6.54. The fourth-order valence-electron chi connectivity index (χ4n) is 4.27. The molecule has 0 amide bonds. The van der Waals surface area contributed by atoms with Gasteiger partial charge < -0.3 is 14.6 Å². The number of ether oxygens (including phenoxy) is 1. The van der Waals surface area contributed by atoms with E-state index in [4.69, 9.17) is 4.74 Å². The maximum absolute atomic E-state index is 14.3. The molecule has 1 aromatic heterocycles. The third-order valence-corrected chi connectivity index (χ3v) is 6.54. The van der Waals surface area contributed by atoms with Crippen LogP contribution in [0.1, 0.15) is 50.5 Å². The smallest absolute Gasteiger partial charge is 0.328 e. The van der Waals surface area contributed by atoms with Crippen LogP contribution in [0.2, 0.25) is 0 Å². The van der Waals surface area contributed by atoms with Crippen molar-refractivity contribution in [3.8, 4) is 5.75 Å². The van der Waals surface area contributed by atoms with Crippen LogP contribution in [-0.2, 0) is 12.1 Å². The molecule has 33 heavy (non-hydrogen) atoms. The van der Waals surface area contributed by atoms with Gasteiger partial charge in [-0.25, -0.2) is 14.6 Å². The number of hydrogen-bond acceptors (Lipinski definition) is 6. The number of H-pyrrole nitrogens is 1. The van der Waals surface area contributed by atoms with Gasteiger partial charge in [0.15, 0.2) is 11.6 Å². The average molecular weight is 460 g/mol. The van der Waals surface area contributed by atoms with Gasteiger partial charge in [-0.05, 0) is 75.2 Å². The molecule has 2 aromatic rings. The Morgan fingerprint density at radius 3 is 2.70 bits per heavy atom. The Morgan fingerprint density at radius 1 is 1.12 bits per heavy atom. The summed E-state index contributed by atoms with van der Waals surface area (Å²) in [6.07, 6.45) is 8.40. The van der Waals surface area contributed by atoms with Crippen LogP contribution in [0.4, 0.5) is 4.39 Å². The van der Waals surface area contributed by atoms with Crippen molar-refractivity contribution < 1.29 is 9.13 Å². The minimum absolute atomic E-state index is 0.278. The van der Waals surface area contributed by atoms with E-state index in [9.17, 15) is 14.0 Å². The first-order valence-corrected chi connectivity index (χ1v) is 12.0. The van der Waals surface area contributed by atoms with E-state index in [1.807, 2.05) is 12.1 Å². The van der Waals surface area contributed by atoms with Crippen LogP contribution < -0.4 is 32.2 Å². The van der Waals surface area contributed by atoms with Crippen molar-refractivity contribution in [2.45, 2.75) is 57.0 Å². The zero-order chi connectivity index (χ0) is 23.1. The highest BCUT2D eigenvalue weighted by Crippen LogP contribution is 2.35. The Morgan fingerprint density at radius 2 is 1.94 bits per heavy atom. The summed E-state index contributed by atoms with van der Waals surface area (Å²) < 4.78 is 21.6. The molecule has 1 aliphatic carbocycles. The second-order valence-electron chi connectivity index (χ2n) is 9.15. The molecule has 4 rings (SSSR count). The number of rotatable bonds is 12. The summed E-state index contributed by atoms with van der Waals surface area (Å²) >= 11 is 0. The molecule has 180 valence electrons. The molecule has 1 saturated heterocycles. The van der Waals surface area contributed by atoms with Crippen LogP contribution in [0.25, 0.3) is 0 Å². The lowest BCUT2D eigenvalue weighted by atomic mass is 9.82. The monoisotopic (exact) mass is 459 g/mol. The van der Waals surface area contributed by atoms with Crippen molar-refractivity contribution >= 4 is 0 Å². The van der Waals surface area contributed by atoms with Crippen LogP contribution in [-0.4, -0.2) is 35.8 Å². The summed E-state index contributed by atoms with van der Waals surface area (Å²) in [5.41, 5.74) is 6.94. The van der Waals surface area contributed by atoms with E-state index in [1.54, 1.807) is 0 Å². The molecule has 1 aliphatic heterocycles. The fraction of sp³-hybridized carbons (Fsp3) is 0.583. The van der Waals surface area contributed by atoms with Crippen molar-refractivity contribution in [2.75, 3.05) is 26.2 Å². The number of aromatic amines is 1. The molecule has 1 saturated carbocycles. The van der Waals surface area contributed by atoms with Gasteiger partial charge in [0.05, 0.1) is 12.1 Å². The second-order valence-corrected chi connectivity index (χ2v) is 9.15. The average Bonchev–Trinajstić information content (AvgIpc) is 3.64. The number of aromatic nitrogens is 2. The van der Waals surface area contributed by atoms with Crippen LogP contribution in [0.3, 0.4) is 0 Å². The molecule has 0 bridgehead atoms. The molecule has 2 heterocycles. The number of hydrazine groups is 1. The summed E-state index contributed by atoms with van der Waals surface area (Å²) in [5.74, 6) is 0.609. The number of benzene rings is 1. The summed E-state index contributed by atoms with van der Waals surface area (Å²) in [7, 11) is 0. The van der Waals surface area contributed by atoms with Gasteiger partial charge in [0.25, 0.3) is 5.56 Å². The van der Waals surface area contributed by atoms with Gasteiger partial charge in [-0.3, -0.25) is 15.2 Å². The number of nitrogens with one attached hydrogen (secondary N) is 4. The van der Waals surface area contributed by atoms with Crippen molar-refractivity contribution in [1.82, 2.24) is 25.7 Å². The fourth-order valence-corrected chi connectivity index (χ4v) is 4.27. The number of aryl methyl sites for hydroxylation is 1. The van der Waals surface area contributed by atoms with Crippen LogP contribution in [0.5, 0.6) is 5.75 Å². The highest BCUT2D eigenvalue weighted by molar-refractivity contribution is 5.35. The summed E-state index contributed by atoms with van der Waals surface area (Å²) in [6.45, 7) is 3.72. The van der Waals surface area contributed by atoms with E-state index in [2.05, 4.69) is 21.2 Å². The Labute approximate surface area is 192 Å². The molecule has 4 N–H and O–H groups in total. The lowest BCUT2D eigenvalue weighted by molar-refractivity contribution is 0.211. The molecule has 8 nitrogen and oxygen atoms in total. The van der Waals surface area contributed by atoms with Crippen LogP contribution >= 0.6 is 0 Å². The minimum Gasteiger partial charge on any atom is -0.490 e. The zero-order valence-electron chi connectivity index (χ0n) is 19.0. The quantitative estimate of drug-likeness (QED) is 0.286. The maximum atomic E-state index is 14.3.